The smallest absolute Gasteiger partial charge is 0.202 e. The Labute approximate surface area is 136 Å². The Hall–Kier alpha value is -1.02. The fourth-order valence-corrected chi connectivity index (χ4v) is 2.96. The van der Waals surface area contributed by atoms with Crippen molar-refractivity contribution >= 4 is 0 Å². The van der Waals surface area contributed by atoms with Crippen molar-refractivity contribution in [2.24, 2.45) is 5.92 Å². The SMILES string of the molecule is CCC(C)c1ccc(OC(OC2CCCCC2)C(C)C)cc1. The van der Waals surface area contributed by atoms with Gasteiger partial charge in [0, 0.05) is 5.92 Å². The van der Waals surface area contributed by atoms with Crippen molar-refractivity contribution in [2.75, 3.05) is 0 Å². The van der Waals surface area contributed by atoms with E-state index in [1.165, 1.54) is 44.1 Å². The Morgan fingerprint density at radius 1 is 1.00 bits per heavy atom. The van der Waals surface area contributed by atoms with Gasteiger partial charge in [0.05, 0.1) is 6.10 Å². The van der Waals surface area contributed by atoms with Crippen LogP contribution in [0.1, 0.15) is 77.7 Å². The Bertz CT molecular complexity index is 418. The zero-order valence-corrected chi connectivity index (χ0v) is 14.7. The first-order valence-corrected chi connectivity index (χ1v) is 9.02. The van der Waals surface area contributed by atoms with E-state index >= 15 is 0 Å². The summed E-state index contributed by atoms with van der Waals surface area (Å²) in [5, 5.41) is 0. The molecule has 0 aliphatic heterocycles. The molecular weight excluding hydrogens is 272 g/mol. The molecule has 0 spiro atoms. The molecule has 0 aromatic heterocycles. The molecule has 0 N–H and O–H groups in total. The Morgan fingerprint density at radius 2 is 1.64 bits per heavy atom. The lowest BCUT2D eigenvalue weighted by atomic mass is 9.97. The van der Waals surface area contributed by atoms with Crippen LogP contribution in [0.25, 0.3) is 0 Å². The molecule has 0 radical (unpaired) electrons. The molecule has 1 saturated carbocycles. The summed E-state index contributed by atoms with van der Waals surface area (Å²) in [6, 6.07) is 8.53. The van der Waals surface area contributed by atoms with Gasteiger partial charge in [-0.2, -0.15) is 0 Å². The third-order valence-corrected chi connectivity index (χ3v) is 4.74. The van der Waals surface area contributed by atoms with Crippen molar-refractivity contribution in [1.82, 2.24) is 0 Å². The molecule has 2 heteroatoms. The molecule has 22 heavy (non-hydrogen) atoms. The molecule has 1 aromatic carbocycles. The van der Waals surface area contributed by atoms with Gasteiger partial charge in [-0.05, 0) is 42.9 Å². The maximum Gasteiger partial charge on any atom is 0.202 e. The molecule has 1 fully saturated rings. The number of rotatable bonds is 7. The van der Waals surface area contributed by atoms with Crippen LogP contribution in [0.15, 0.2) is 24.3 Å². The molecule has 1 aliphatic rings. The average molecular weight is 304 g/mol. The summed E-state index contributed by atoms with van der Waals surface area (Å²) in [4.78, 5) is 0. The fraction of sp³-hybridized carbons (Fsp3) is 0.700. The molecule has 2 nitrogen and oxygen atoms in total. The van der Waals surface area contributed by atoms with E-state index in [9.17, 15) is 0 Å². The summed E-state index contributed by atoms with van der Waals surface area (Å²) in [6.07, 6.45) is 7.69. The molecule has 0 bridgehead atoms. The first-order valence-electron chi connectivity index (χ1n) is 9.02. The molecule has 0 amide bonds. The van der Waals surface area contributed by atoms with Crippen LogP contribution in [0.3, 0.4) is 0 Å². The highest BCUT2D eigenvalue weighted by Gasteiger charge is 2.23. The lowest BCUT2D eigenvalue weighted by molar-refractivity contribution is -0.150. The normalized spacial score (nSPS) is 19.1. The Kier molecular flexibility index (Phi) is 6.75. The lowest BCUT2D eigenvalue weighted by Crippen LogP contribution is -2.32. The van der Waals surface area contributed by atoms with E-state index in [0.29, 0.717) is 17.9 Å². The second kappa shape index (κ2) is 8.57. The van der Waals surface area contributed by atoms with Crippen molar-refractivity contribution in [2.45, 2.75) is 84.5 Å². The Balaban J connectivity index is 1.95. The van der Waals surface area contributed by atoms with Crippen molar-refractivity contribution in [3.8, 4) is 5.75 Å². The summed E-state index contributed by atoms with van der Waals surface area (Å²) < 4.78 is 12.4. The summed E-state index contributed by atoms with van der Waals surface area (Å²) >= 11 is 0. The summed E-state index contributed by atoms with van der Waals surface area (Å²) in [7, 11) is 0. The van der Waals surface area contributed by atoms with E-state index in [4.69, 9.17) is 9.47 Å². The van der Waals surface area contributed by atoms with Gasteiger partial charge < -0.3 is 9.47 Å². The summed E-state index contributed by atoms with van der Waals surface area (Å²) in [5.74, 6) is 1.88. The molecule has 124 valence electrons. The van der Waals surface area contributed by atoms with E-state index in [0.717, 1.165) is 5.75 Å². The van der Waals surface area contributed by atoms with Gasteiger partial charge >= 0.3 is 0 Å². The first kappa shape index (κ1) is 17.3. The van der Waals surface area contributed by atoms with Crippen LogP contribution >= 0.6 is 0 Å². The zero-order valence-electron chi connectivity index (χ0n) is 14.7. The number of benzene rings is 1. The molecule has 2 atom stereocenters. The molecule has 0 heterocycles. The minimum Gasteiger partial charge on any atom is -0.465 e. The minimum absolute atomic E-state index is 0.141. The van der Waals surface area contributed by atoms with E-state index < -0.39 is 0 Å². The standard InChI is InChI=1S/C20H32O2/c1-5-16(4)17-11-13-19(14-12-17)22-20(15(2)3)21-18-9-7-6-8-10-18/h11-16,18,20H,5-10H2,1-4H3. The van der Waals surface area contributed by atoms with E-state index in [1.54, 1.807) is 0 Å². The minimum atomic E-state index is -0.141. The summed E-state index contributed by atoms with van der Waals surface area (Å²) in [5.41, 5.74) is 1.38. The highest BCUT2D eigenvalue weighted by molar-refractivity contribution is 5.29. The molecule has 1 aromatic rings. The van der Waals surface area contributed by atoms with Crippen LogP contribution in [0.4, 0.5) is 0 Å². The van der Waals surface area contributed by atoms with Gasteiger partial charge in [-0.1, -0.05) is 59.1 Å². The first-order chi connectivity index (χ1) is 10.6. The topological polar surface area (TPSA) is 18.5 Å². The van der Waals surface area contributed by atoms with Crippen molar-refractivity contribution < 1.29 is 9.47 Å². The lowest BCUT2D eigenvalue weighted by Gasteiger charge is -2.30. The van der Waals surface area contributed by atoms with Crippen LogP contribution in [0.2, 0.25) is 0 Å². The van der Waals surface area contributed by atoms with Crippen LogP contribution in [-0.4, -0.2) is 12.4 Å². The van der Waals surface area contributed by atoms with Gasteiger partial charge in [0.15, 0.2) is 0 Å². The quantitative estimate of drug-likeness (QED) is 0.583. The van der Waals surface area contributed by atoms with Crippen LogP contribution in [0.5, 0.6) is 5.75 Å². The van der Waals surface area contributed by atoms with E-state index in [2.05, 4.69) is 52.0 Å². The van der Waals surface area contributed by atoms with E-state index in [-0.39, 0.29) is 6.29 Å². The van der Waals surface area contributed by atoms with Gasteiger partial charge in [0.1, 0.15) is 5.75 Å². The monoisotopic (exact) mass is 304 g/mol. The van der Waals surface area contributed by atoms with Gasteiger partial charge in [0.25, 0.3) is 0 Å². The van der Waals surface area contributed by atoms with Crippen LogP contribution in [-0.2, 0) is 4.74 Å². The third-order valence-electron chi connectivity index (χ3n) is 4.74. The molecule has 2 rings (SSSR count). The third kappa shape index (κ3) is 5.01. The van der Waals surface area contributed by atoms with Crippen LogP contribution in [0, 0.1) is 5.92 Å². The largest absolute Gasteiger partial charge is 0.465 e. The van der Waals surface area contributed by atoms with Gasteiger partial charge in [0.2, 0.25) is 6.29 Å². The predicted octanol–water partition coefficient (Wildman–Crippen LogP) is 5.91. The van der Waals surface area contributed by atoms with Crippen molar-refractivity contribution in [1.29, 1.82) is 0 Å². The maximum absolute atomic E-state index is 6.23. The Morgan fingerprint density at radius 3 is 2.18 bits per heavy atom. The maximum atomic E-state index is 6.23. The molecular formula is C20H32O2. The predicted molar refractivity (Wildman–Crippen MR) is 92.4 cm³/mol. The zero-order chi connectivity index (χ0) is 15.9. The van der Waals surface area contributed by atoms with Crippen molar-refractivity contribution in [3.05, 3.63) is 29.8 Å². The van der Waals surface area contributed by atoms with E-state index in [1.807, 2.05) is 0 Å². The number of ether oxygens (including phenoxy) is 2. The fourth-order valence-electron chi connectivity index (χ4n) is 2.96. The molecule has 2 unspecified atom stereocenters. The average Bonchev–Trinajstić information content (AvgIpc) is 2.55. The summed E-state index contributed by atoms with van der Waals surface area (Å²) in [6.45, 7) is 8.82. The van der Waals surface area contributed by atoms with Gasteiger partial charge in [-0.25, -0.2) is 0 Å². The number of hydrogen-bond acceptors (Lipinski definition) is 2. The van der Waals surface area contributed by atoms with Gasteiger partial charge in [-0.15, -0.1) is 0 Å². The second-order valence-corrected chi connectivity index (χ2v) is 7.00. The van der Waals surface area contributed by atoms with Crippen molar-refractivity contribution in [3.63, 3.8) is 0 Å². The van der Waals surface area contributed by atoms with Gasteiger partial charge in [-0.3, -0.25) is 0 Å². The van der Waals surface area contributed by atoms with Crippen LogP contribution < -0.4 is 4.74 Å². The highest BCUT2D eigenvalue weighted by Crippen LogP contribution is 2.26. The second-order valence-electron chi connectivity index (χ2n) is 7.00. The highest BCUT2D eigenvalue weighted by atomic mass is 16.7. The molecule has 0 saturated heterocycles. The number of hydrogen-bond donors (Lipinski definition) is 0. The molecule has 1 aliphatic carbocycles.